The van der Waals surface area contributed by atoms with Gasteiger partial charge >= 0.3 is 0 Å². The van der Waals surface area contributed by atoms with Gasteiger partial charge in [-0.05, 0) is 6.92 Å². The summed E-state index contributed by atoms with van der Waals surface area (Å²) in [6.07, 6.45) is 0. The fraction of sp³-hybridized carbons (Fsp3) is 0.667. The van der Waals surface area contributed by atoms with Crippen LogP contribution in [-0.2, 0) is 9.47 Å². The van der Waals surface area contributed by atoms with Crippen molar-refractivity contribution in [3.63, 3.8) is 0 Å². The summed E-state index contributed by atoms with van der Waals surface area (Å²) in [5.41, 5.74) is 0.563. The second-order valence-electron chi connectivity index (χ2n) is 5.02. The van der Waals surface area contributed by atoms with E-state index in [1.165, 1.54) is 6.07 Å². The third-order valence-electron chi connectivity index (χ3n) is 3.37. The Morgan fingerprint density at radius 2 is 2.14 bits per heavy atom. The van der Waals surface area contributed by atoms with E-state index in [1.807, 2.05) is 6.92 Å². The minimum atomic E-state index is -0.178. The van der Waals surface area contributed by atoms with Crippen molar-refractivity contribution in [3.8, 4) is 5.88 Å². The van der Waals surface area contributed by atoms with Gasteiger partial charge < -0.3 is 19.5 Å². The molecule has 2 N–H and O–H groups in total. The molecule has 0 aliphatic carbocycles. The van der Waals surface area contributed by atoms with Crippen molar-refractivity contribution in [2.75, 3.05) is 64.5 Å². The fourth-order valence-corrected chi connectivity index (χ4v) is 2.22. The molecule has 2 rings (SSSR count). The largest absolute Gasteiger partial charge is 0.477 e. The Morgan fingerprint density at radius 1 is 1.32 bits per heavy atom. The molecule has 0 bridgehead atoms. The van der Waals surface area contributed by atoms with Crippen LogP contribution in [0.5, 0.6) is 5.88 Å². The van der Waals surface area contributed by atoms with Gasteiger partial charge in [-0.15, -0.1) is 0 Å². The van der Waals surface area contributed by atoms with E-state index in [0.717, 1.165) is 38.5 Å². The molecule has 1 aromatic rings. The lowest BCUT2D eigenvalue weighted by Crippen LogP contribution is -2.38. The quantitative estimate of drug-likeness (QED) is 0.648. The van der Waals surface area contributed by atoms with Gasteiger partial charge in [-0.1, -0.05) is 0 Å². The monoisotopic (exact) mass is 311 g/mol. The van der Waals surface area contributed by atoms with Crippen LogP contribution in [0.15, 0.2) is 16.9 Å². The molecular formula is C15H25N3O4. The molecule has 1 aliphatic rings. The van der Waals surface area contributed by atoms with E-state index in [2.05, 4.69) is 15.2 Å². The van der Waals surface area contributed by atoms with Gasteiger partial charge in [0.15, 0.2) is 5.88 Å². The zero-order valence-electron chi connectivity index (χ0n) is 13.1. The molecule has 1 aromatic heterocycles. The molecule has 0 unspecified atom stereocenters. The smallest absolute Gasteiger partial charge is 0.252 e. The van der Waals surface area contributed by atoms with Crippen LogP contribution in [0.2, 0.25) is 0 Å². The molecule has 1 aliphatic heterocycles. The molecule has 0 atom stereocenters. The number of anilines is 1. The number of aromatic amines is 1. The summed E-state index contributed by atoms with van der Waals surface area (Å²) < 4.78 is 16.2. The maximum atomic E-state index is 11.6. The Hall–Kier alpha value is -1.57. The molecule has 7 nitrogen and oxygen atoms in total. The predicted molar refractivity (Wildman–Crippen MR) is 84.8 cm³/mol. The number of nitrogens with zero attached hydrogens (tertiary/aromatic N) is 1. The third kappa shape index (κ3) is 6.05. The molecule has 0 spiro atoms. The van der Waals surface area contributed by atoms with E-state index in [4.69, 9.17) is 14.2 Å². The van der Waals surface area contributed by atoms with Crippen LogP contribution >= 0.6 is 0 Å². The second kappa shape index (κ2) is 9.45. The Labute approximate surface area is 130 Å². The fourth-order valence-electron chi connectivity index (χ4n) is 2.22. The van der Waals surface area contributed by atoms with E-state index in [9.17, 15) is 4.79 Å². The number of rotatable bonds is 9. The molecular weight excluding hydrogens is 286 g/mol. The SMILES string of the molecule is CCOCCNc1cc(OCCN2CCOCC2)[nH]c(=O)c1. The number of ether oxygens (including phenoxy) is 3. The summed E-state index contributed by atoms with van der Waals surface area (Å²) in [7, 11) is 0. The van der Waals surface area contributed by atoms with Crippen LogP contribution in [0, 0.1) is 0 Å². The highest BCUT2D eigenvalue weighted by Gasteiger charge is 2.10. The summed E-state index contributed by atoms with van der Waals surface area (Å²) in [5.74, 6) is 0.486. The first-order chi connectivity index (χ1) is 10.8. The number of pyridine rings is 1. The van der Waals surface area contributed by atoms with Gasteiger partial charge in [0.1, 0.15) is 6.61 Å². The molecule has 0 radical (unpaired) electrons. The normalized spacial score (nSPS) is 15.7. The van der Waals surface area contributed by atoms with Crippen molar-refractivity contribution in [3.05, 3.63) is 22.5 Å². The Balaban J connectivity index is 1.77. The Bertz CT molecular complexity index is 486. The summed E-state index contributed by atoms with van der Waals surface area (Å²) in [4.78, 5) is 16.6. The minimum Gasteiger partial charge on any atom is -0.477 e. The lowest BCUT2D eigenvalue weighted by Gasteiger charge is -2.26. The first-order valence-electron chi connectivity index (χ1n) is 7.77. The molecule has 0 amide bonds. The van der Waals surface area contributed by atoms with Gasteiger partial charge in [0.2, 0.25) is 0 Å². The van der Waals surface area contributed by atoms with E-state index in [0.29, 0.717) is 32.2 Å². The van der Waals surface area contributed by atoms with Crippen molar-refractivity contribution in [2.45, 2.75) is 6.92 Å². The molecule has 2 heterocycles. The number of H-pyrrole nitrogens is 1. The summed E-state index contributed by atoms with van der Waals surface area (Å²) in [6.45, 7) is 8.68. The average Bonchev–Trinajstić information content (AvgIpc) is 2.52. The molecule has 0 aromatic carbocycles. The predicted octanol–water partition coefficient (Wildman–Crippen LogP) is 0.534. The van der Waals surface area contributed by atoms with Gasteiger partial charge in [-0.25, -0.2) is 0 Å². The Morgan fingerprint density at radius 3 is 2.91 bits per heavy atom. The first-order valence-corrected chi connectivity index (χ1v) is 7.77. The van der Waals surface area contributed by atoms with Crippen molar-refractivity contribution >= 4 is 5.69 Å². The number of hydrogen-bond donors (Lipinski definition) is 2. The maximum Gasteiger partial charge on any atom is 0.252 e. The van der Waals surface area contributed by atoms with Crippen molar-refractivity contribution in [1.82, 2.24) is 9.88 Å². The number of nitrogens with one attached hydrogen (secondary N) is 2. The maximum absolute atomic E-state index is 11.6. The number of aromatic nitrogens is 1. The summed E-state index contributed by atoms with van der Waals surface area (Å²) in [5, 5.41) is 3.15. The molecule has 7 heteroatoms. The highest BCUT2D eigenvalue weighted by molar-refractivity contribution is 5.44. The zero-order valence-corrected chi connectivity index (χ0v) is 13.1. The molecule has 1 saturated heterocycles. The Kier molecular flexibility index (Phi) is 7.21. The van der Waals surface area contributed by atoms with Gasteiger partial charge in [-0.2, -0.15) is 0 Å². The van der Waals surface area contributed by atoms with Crippen molar-refractivity contribution in [1.29, 1.82) is 0 Å². The molecule has 1 fully saturated rings. The third-order valence-corrected chi connectivity index (χ3v) is 3.37. The van der Waals surface area contributed by atoms with Crippen LogP contribution in [-0.4, -0.2) is 69.1 Å². The zero-order chi connectivity index (χ0) is 15.6. The van der Waals surface area contributed by atoms with Crippen LogP contribution in [0.3, 0.4) is 0 Å². The second-order valence-corrected chi connectivity index (χ2v) is 5.02. The van der Waals surface area contributed by atoms with E-state index < -0.39 is 0 Å². The van der Waals surface area contributed by atoms with Gasteiger partial charge in [-0.3, -0.25) is 14.7 Å². The highest BCUT2D eigenvalue weighted by atomic mass is 16.5. The minimum absolute atomic E-state index is 0.178. The lowest BCUT2D eigenvalue weighted by atomic mass is 10.4. The molecule has 0 saturated carbocycles. The average molecular weight is 311 g/mol. The lowest BCUT2D eigenvalue weighted by molar-refractivity contribution is 0.0320. The van der Waals surface area contributed by atoms with E-state index in [-0.39, 0.29) is 5.56 Å². The highest BCUT2D eigenvalue weighted by Crippen LogP contribution is 2.11. The van der Waals surface area contributed by atoms with Crippen LogP contribution in [0.1, 0.15) is 6.92 Å². The van der Waals surface area contributed by atoms with Gasteiger partial charge in [0, 0.05) is 50.6 Å². The summed E-state index contributed by atoms with van der Waals surface area (Å²) in [6, 6.07) is 3.31. The van der Waals surface area contributed by atoms with Gasteiger partial charge in [0.05, 0.1) is 19.8 Å². The van der Waals surface area contributed by atoms with Crippen LogP contribution in [0.4, 0.5) is 5.69 Å². The summed E-state index contributed by atoms with van der Waals surface area (Å²) >= 11 is 0. The topological polar surface area (TPSA) is 75.8 Å². The number of hydrogen-bond acceptors (Lipinski definition) is 6. The standard InChI is InChI=1S/C15H25N3O4/c1-2-20-7-3-16-13-11-14(19)17-15(12-13)22-10-6-18-4-8-21-9-5-18/h11-12H,2-10H2,1H3,(H2,16,17,19). The van der Waals surface area contributed by atoms with Crippen molar-refractivity contribution < 1.29 is 14.2 Å². The van der Waals surface area contributed by atoms with Crippen molar-refractivity contribution in [2.24, 2.45) is 0 Å². The van der Waals surface area contributed by atoms with Gasteiger partial charge in [0.25, 0.3) is 5.56 Å². The van der Waals surface area contributed by atoms with E-state index in [1.54, 1.807) is 6.07 Å². The first kappa shape index (κ1) is 16.8. The molecule has 124 valence electrons. The van der Waals surface area contributed by atoms with Crippen LogP contribution < -0.4 is 15.6 Å². The van der Waals surface area contributed by atoms with E-state index >= 15 is 0 Å². The number of morpholine rings is 1. The van der Waals surface area contributed by atoms with Crippen LogP contribution in [0.25, 0.3) is 0 Å². The molecule has 22 heavy (non-hydrogen) atoms.